The minimum absolute atomic E-state index is 0.0101. The zero-order valence-corrected chi connectivity index (χ0v) is 13.5. The van der Waals surface area contributed by atoms with Crippen molar-refractivity contribution in [3.63, 3.8) is 0 Å². The van der Waals surface area contributed by atoms with Crippen LogP contribution in [0.5, 0.6) is 0 Å². The first kappa shape index (κ1) is 16.4. The van der Waals surface area contributed by atoms with Gasteiger partial charge in [-0.1, -0.05) is 6.07 Å². The first-order valence-electron chi connectivity index (χ1n) is 8.10. The third-order valence-electron chi connectivity index (χ3n) is 4.12. The van der Waals surface area contributed by atoms with E-state index in [1.807, 2.05) is 18.2 Å². The van der Waals surface area contributed by atoms with Crippen molar-refractivity contribution in [2.24, 2.45) is 0 Å². The van der Waals surface area contributed by atoms with Crippen LogP contribution in [0, 0.1) is 5.82 Å². The monoisotopic (exact) mass is 328 g/mol. The maximum atomic E-state index is 13.0. The highest BCUT2D eigenvalue weighted by molar-refractivity contribution is 5.78. The highest BCUT2D eigenvalue weighted by Crippen LogP contribution is 2.16. The number of pyridine rings is 1. The normalized spacial score (nSPS) is 15.3. The molecule has 0 unspecified atom stereocenters. The largest absolute Gasteiger partial charge is 0.369 e. The molecule has 1 aliphatic heterocycles. The summed E-state index contributed by atoms with van der Waals surface area (Å²) in [5.74, 6) is -0.210. The Morgan fingerprint density at radius 2 is 1.83 bits per heavy atom. The molecule has 3 rings (SSSR count). The zero-order valence-electron chi connectivity index (χ0n) is 13.5. The number of halogens is 1. The van der Waals surface area contributed by atoms with Crippen LogP contribution in [0.2, 0.25) is 0 Å². The van der Waals surface area contributed by atoms with E-state index in [1.54, 1.807) is 18.3 Å². The quantitative estimate of drug-likeness (QED) is 0.907. The Morgan fingerprint density at radius 1 is 1.08 bits per heavy atom. The van der Waals surface area contributed by atoms with Gasteiger partial charge in [-0.05, 0) is 36.4 Å². The van der Waals surface area contributed by atoms with Gasteiger partial charge in [-0.3, -0.25) is 14.7 Å². The fraction of sp³-hybridized carbons (Fsp3) is 0.333. The number of piperazine rings is 1. The lowest BCUT2D eigenvalue weighted by Gasteiger charge is -2.35. The number of carbonyl (C=O) groups is 1. The van der Waals surface area contributed by atoms with E-state index in [0.717, 1.165) is 37.6 Å². The number of carbonyl (C=O) groups excluding carboxylic acids is 1. The minimum atomic E-state index is -0.220. The van der Waals surface area contributed by atoms with Gasteiger partial charge < -0.3 is 10.2 Å². The van der Waals surface area contributed by atoms with E-state index < -0.39 is 0 Å². The van der Waals surface area contributed by atoms with Crippen LogP contribution in [0.1, 0.15) is 5.69 Å². The molecule has 5 nitrogen and oxygen atoms in total. The van der Waals surface area contributed by atoms with E-state index in [2.05, 4.69) is 20.1 Å². The molecule has 0 saturated carbocycles. The number of anilines is 1. The molecule has 0 atom stereocenters. The topological polar surface area (TPSA) is 48.5 Å². The summed E-state index contributed by atoms with van der Waals surface area (Å²) in [6.07, 6.45) is 1.72. The Balaban J connectivity index is 1.41. The summed E-state index contributed by atoms with van der Waals surface area (Å²) in [6, 6.07) is 12.2. The number of amides is 1. The van der Waals surface area contributed by atoms with E-state index in [1.165, 1.54) is 12.1 Å². The number of nitrogens with zero attached hydrogens (tertiary/aromatic N) is 3. The maximum absolute atomic E-state index is 13.0. The summed E-state index contributed by atoms with van der Waals surface area (Å²) in [4.78, 5) is 20.6. The van der Waals surface area contributed by atoms with Crippen LogP contribution < -0.4 is 10.2 Å². The van der Waals surface area contributed by atoms with E-state index in [0.29, 0.717) is 13.1 Å². The molecule has 1 fully saturated rings. The van der Waals surface area contributed by atoms with Crippen molar-refractivity contribution in [1.29, 1.82) is 0 Å². The fourth-order valence-electron chi connectivity index (χ4n) is 2.77. The van der Waals surface area contributed by atoms with Gasteiger partial charge in [0.1, 0.15) is 5.82 Å². The lowest BCUT2D eigenvalue weighted by molar-refractivity contribution is -0.122. The summed E-state index contributed by atoms with van der Waals surface area (Å²) in [6.45, 7) is 4.14. The van der Waals surface area contributed by atoms with Crippen molar-refractivity contribution >= 4 is 11.6 Å². The first-order chi connectivity index (χ1) is 11.7. The average molecular weight is 328 g/mol. The number of hydrogen-bond donors (Lipinski definition) is 1. The minimum Gasteiger partial charge on any atom is -0.369 e. The number of nitrogens with one attached hydrogen (secondary N) is 1. The average Bonchev–Trinajstić information content (AvgIpc) is 2.62. The lowest BCUT2D eigenvalue weighted by Crippen LogP contribution is -2.49. The molecule has 0 spiro atoms. The van der Waals surface area contributed by atoms with Crippen molar-refractivity contribution in [1.82, 2.24) is 15.2 Å². The first-order valence-corrected chi connectivity index (χ1v) is 8.10. The zero-order chi connectivity index (χ0) is 16.8. The lowest BCUT2D eigenvalue weighted by atomic mass is 10.2. The number of rotatable bonds is 5. The van der Waals surface area contributed by atoms with Crippen LogP contribution in [0.4, 0.5) is 10.1 Å². The van der Waals surface area contributed by atoms with Crippen molar-refractivity contribution in [2.45, 2.75) is 6.54 Å². The number of benzene rings is 1. The molecule has 6 heteroatoms. The van der Waals surface area contributed by atoms with Gasteiger partial charge in [-0.2, -0.15) is 0 Å². The second-order valence-electron chi connectivity index (χ2n) is 5.84. The summed E-state index contributed by atoms with van der Waals surface area (Å²) in [5.41, 5.74) is 1.88. The van der Waals surface area contributed by atoms with Crippen molar-refractivity contribution in [3.05, 3.63) is 60.2 Å². The molecule has 2 heterocycles. The molecular weight excluding hydrogens is 307 g/mol. The Labute approximate surface area is 141 Å². The summed E-state index contributed by atoms with van der Waals surface area (Å²) in [5, 5.41) is 2.90. The van der Waals surface area contributed by atoms with E-state index in [4.69, 9.17) is 0 Å². The van der Waals surface area contributed by atoms with Gasteiger partial charge in [0.05, 0.1) is 18.8 Å². The Morgan fingerprint density at radius 3 is 2.50 bits per heavy atom. The molecule has 1 aromatic carbocycles. The third-order valence-corrected chi connectivity index (χ3v) is 4.12. The van der Waals surface area contributed by atoms with Crippen LogP contribution >= 0.6 is 0 Å². The second kappa shape index (κ2) is 7.88. The van der Waals surface area contributed by atoms with Crippen LogP contribution in [-0.2, 0) is 11.3 Å². The standard InChI is InChI=1S/C18H21FN4O/c19-15-4-6-17(7-5-15)23-11-9-22(10-12-23)14-18(24)21-13-16-3-1-2-8-20-16/h1-8H,9-14H2,(H,21,24). The summed E-state index contributed by atoms with van der Waals surface area (Å²) >= 11 is 0. The molecule has 0 radical (unpaired) electrons. The van der Waals surface area contributed by atoms with E-state index in [9.17, 15) is 9.18 Å². The van der Waals surface area contributed by atoms with Crippen LogP contribution in [-0.4, -0.2) is 48.5 Å². The van der Waals surface area contributed by atoms with Crippen molar-refractivity contribution < 1.29 is 9.18 Å². The van der Waals surface area contributed by atoms with Crippen LogP contribution in [0.15, 0.2) is 48.7 Å². The molecule has 1 aliphatic rings. The van der Waals surface area contributed by atoms with E-state index >= 15 is 0 Å². The smallest absolute Gasteiger partial charge is 0.234 e. The van der Waals surface area contributed by atoms with Crippen molar-refractivity contribution in [3.8, 4) is 0 Å². The van der Waals surface area contributed by atoms with Gasteiger partial charge in [-0.15, -0.1) is 0 Å². The summed E-state index contributed by atoms with van der Waals surface area (Å²) < 4.78 is 13.0. The molecule has 1 amide bonds. The van der Waals surface area contributed by atoms with E-state index in [-0.39, 0.29) is 11.7 Å². The highest BCUT2D eigenvalue weighted by Gasteiger charge is 2.19. The van der Waals surface area contributed by atoms with Crippen LogP contribution in [0.3, 0.4) is 0 Å². The van der Waals surface area contributed by atoms with Gasteiger partial charge >= 0.3 is 0 Å². The molecule has 1 aromatic heterocycles. The predicted octanol–water partition coefficient (Wildman–Crippen LogP) is 1.66. The SMILES string of the molecule is O=C(CN1CCN(c2ccc(F)cc2)CC1)NCc1ccccn1. The Kier molecular flexibility index (Phi) is 5.38. The Hall–Kier alpha value is -2.47. The molecule has 24 heavy (non-hydrogen) atoms. The molecule has 0 aliphatic carbocycles. The van der Waals surface area contributed by atoms with Gasteiger partial charge in [0.2, 0.25) is 5.91 Å². The maximum Gasteiger partial charge on any atom is 0.234 e. The van der Waals surface area contributed by atoms with Crippen LogP contribution in [0.25, 0.3) is 0 Å². The van der Waals surface area contributed by atoms with Gasteiger partial charge in [-0.25, -0.2) is 4.39 Å². The summed E-state index contributed by atoms with van der Waals surface area (Å²) in [7, 11) is 0. The molecule has 0 bridgehead atoms. The van der Waals surface area contributed by atoms with Gasteiger partial charge in [0.25, 0.3) is 0 Å². The molecule has 126 valence electrons. The number of aromatic nitrogens is 1. The molecule has 1 N–H and O–H groups in total. The highest BCUT2D eigenvalue weighted by atomic mass is 19.1. The predicted molar refractivity (Wildman–Crippen MR) is 91.1 cm³/mol. The van der Waals surface area contributed by atoms with Gasteiger partial charge in [0, 0.05) is 38.1 Å². The second-order valence-corrected chi connectivity index (χ2v) is 5.84. The fourth-order valence-corrected chi connectivity index (χ4v) is 2.77. The molecule has 2 aromatic rings. The van der Waals surface area contributed by atoms with Crippen molar-refractivity contribution in [2.75, 3.05) is 37.6 Å². The molecular formula is C18H21FN4O. The third kappa shape index (κ3) is 4.52. The molecule has 1 saturated heterocycles. The number of hydrogen-bond acceptors (Lipinski definition) is 4. The Bertz CT molecular complexity index is 654. The van der Waals surface area contributed by atoms with Gasteiger partial charge in [0.15, 0.2) is 0 Å².